The van der Waals surface area contributed by atoms with Crippen LogP contribution in [-0.4, -0.2) is 42.9 Å². The molecular weight excluding hydrogens is 548 g/mol. The van der Waals surface area contributed by atoms with Crippen molar-refractivity contribution in [1.29, 1.82) is 0 Å². The first kappa shape index (κ1) is 47.4. The predicted molar refractivity (Wildman–Crippen MR) is 163 cm³/mol. The van der Waals surface area contributed by atoms with Gasteiger partial charge in [-0.05, 0) is 19.3 Å². The molecule has 0 aromatic rings. The summed E-state index contributed by atoms with van der Waals surface area (Å²) in [6, 6.07) is -0.652. The van der Waals surface area contributed by atoms with Crippen molar-refractivity contribution >= 4 is 23.7 Å². The van der Waals surface area contributed by atoms with Crippen LogP contribution in [-0.2, 0) is 23.9 Å². The van der Waals surface area contributed by atoms with E-state index in [1.54, 1.807) is 6.08 Å². The number of aliphatic carboxylic acids is 2. The quantitative estimate of drug-likeness (QED) is 0.0362. The number of hydrogen-bond acceptors (Lipinski definition) is 8. The summed E-state index contributed by atoms with van der Waals surface area (Å²) in [7, 11) is 0. The van der Waals surface area contributed by atoms with Gasteiger partial charge in [0, 0.05) is 31.3 Å². The molecule has 0 saturated carbocycles. The fraction of sp³-hybridized carbons (Fsp3) is 0.824. The number of hydrogen-bond donors (Lipinski definition) is 1. The number of ether oxygens (including phenoxy) is 1. The van der Waals surface area contributed by atoms with Crippen LogP contribution in [0.25, 0.3) is 0 Å². The molecule has 0 aromatic carbocycles. The summed E-state index contributed by atoms with van der Waals surface area (Å²) in [5.41, 5.74) is 0. The molecule has 44 heavy (non-hydrogen) atoms. The number of unbranched alkanes of at least 4 members (excludes halogenated alkanes) is 17. The first-order chi connectivity index (χ1) is 20.3. The first-order valence-corrected chi connectivity index (χ1v) is 16.8. The summed E-state index contributed by atoms with van der Waals surface area (Å²) >= 11 is 0. The van der Waals surface area contributed by atoms with Gasteiger partial charge >= 0.3 is 43.7 Å². The molecule has 2 atom stereocenters. The molecule has 0 aliphatic rings. The molecule has 244 valence electrons. The van der Waals surface area contributed by atoms with Gasteiger partial charge in [-0.1, -0.05) is 135 Å². The average Bonchev–Trinajstić information content (AvgIpc) is 2.94. The van der Waals surface area contributed by atoms with Crippen LogP contribution in [0.4, 0.5) is 0 Å². The molecule has 0 fully saturated rings. The zero-order valence-corrected chi connectivity index (χ0v) is 28.6. The summed E-state index contributed by atoms with van der Waals surface area (Å²) in [5, 5.41) is 25.1. The predicted octanol–water partition coefficient (Wildman–Crippen LogP) is -0.641. The van der Waals surface area contributed by atoms with Crippen molar-refractivity contribution < 1.29 is 71.8 Å². The van der Waals surface area contributed by atoms with Crippen LogP contribution < -0.4 is 53.3 Å². The Kier molecular flexibility index (Phi) is 37.5. The smallest absolute Gasteiger partial charge is 0.550 e. The van der Waals surface area contributed by atoms with Crippen LogP contribution in [0.3, 0.4) is 0 Å². The molecular formula is C34H59Li2NO7. The summed E-state index contributed by atoms with van der Waals surface area (Å²) in [6.07, 6.45) is 24.8. The van der Waals surface area contributed by atoms with Gasteiger partial charge in [0.05, 0.1) is 12.0 Å². The minimum absolute atomic E-state index is 0. The second-order valence-corrected chi connectivity index (χ2v) is 11.5. The van der Waals surface area contributed by atoms with Gasteiger partial charge in [0.15, 0.2) is 5.78 Å². The summed E-state index contributed by atoms with van der Waals surface area (Å²) in [4.78, 5) is 47.0. The van der Waals surface area contributed by atoms with Crippen LogP contribution in [0, 0.1) is 5.92 Å². The number of nitrogens with one attached hydrogen (secondary N) is 1. The van der Waals surface area contributed by atoms with Gasteiger partial charge in [-0.15, -0.1) is 0 Å². The van der Waals surface area contributed by atoms with Crippen LogP contribution in [0.1, 0.15) is 155 Å². The Balaban J connectivity index is -0.00000840. The SMILES string of the molecule is CCCCCCCCCC/C=C/C(CC(=O)[O-])C(=O)OCCNC(CCCCCCCCCCCC)C(=O)CC(=O)[O-].[Li+].[Li+]. The first-order valence-electron chi connectivity index (χ1n) is 16.8. The van der Waals surface area contributed by atoms with Gasteiger partial charge in [-0.25, -0.2) is 0 Å². The zero-order chi connectivity index (χ0) is 31.3. The van der Waals surface area contributed by atoms with Gasteiger partial charge < -0.3 is 29.9 Å². The number of carbonyl (C=O) groups is 4. The molecule has 0 aliphatic heterocycles. The van der Waals surface area contributed by atoms with Crippen molar-refractivity contribution in [3.63, 3.8) is 0 Å². The number of ketones is 1. The van der Waals surface area contributed by atoms with Crippen LogP contribution >= 0.6 is 0 Å². The van der Waals surface area contributed by atoms with Crippen LogP contribution in [0.5, 0.6) is 0 Å². The normalized spacial score (nSPS) is 12.2. The van der Waals surface area contributed by atoms with E-state index < -0.39 is 48.5 Å². The molecule has 0 spiro atoms. The van der Waals surface area contributed by atoms with E-state index >= 15 is 0 Å². The second-order valence-electron chi connectivity index (χ2n) is 11.5. The Morgan fingerprint density at radius 3 is 1.64 bits per heavy atom. The summed E-state index contributed by atoms with van der Waals surface area (Å²) < 4.78 is 5.28. The van der Waals surface area contributed by atoms with E-state index in [4.69, 9.17) is 4.74 Å². The second kappa shape index (κ2) is 34.8. The third-order valence-electron chi connectivity index (χ3n) is 7.57. The standard InChI is InChI=1S/C34H61NO7.2Li/c1-3-5-7-9-11-13-15-17-19-21-23-29(27-32(37)38)34(41)42-26-25-35-30(31(36)28-33(39)40)24-22-20-18-16-14-12-10-8-6-4-2;;/h21,23,29-30,35H,3-20,22,24-28H2,1-2H3,(H,37,38)(H,39,40);;/q;2*+1/p-2/b23-21+;;. The number of esters is 1. The number of carbonyl (C=O) groups excluding carboxylic acids is 4. The monoisotopic (exact) mass is 607 g/mol. The van der Waals surface area contributed by atoms with Crippen LogP contribution in [0.15, 0.2) is 12.2 Å². The maximum Gasteiger partial charge on any atom is 1.00 e. The van der Waals surface area contributed by atoms with E-state index in [1.807, 2.05) is 6.08 Å². The molecule has 0 aliphatic carbocycles. The molecule has 0 rings (SSSR count). The summed E-state index contributed by atoms with van der Waals surface area (Å²) in [6.45, 7) is 4.52. The Bertz CT molecular complexity index is 749. The number of rotatable bonds is 31. The van der Waals surface area contributed by atoms with E-state index in [-0.39, 0.29) is 50.9 Å². The van der Waals surface area contributed by atoms with E-state index in [0.29, 0.717) is 6.42 Å². The topological polar surface area (TPSA) is 136 Å². The van der Waals surface area contributed by atoms with Crippen molar-refractivity contribution in [3.8, 4) is 0 Å². The average molecular weight is 608 g/mol. The summed E-state index contributed by atoms with van der Waals surface area (Å²) in [5.74, 6) is -4.76. The van der Waals surface area contributed by atoms with Crippen LogP contribution in [0.2, 0.25) is 0 Å². The number of carboxylic acid groups (broad SMARTS) is 2. The fourth-order valence-corrected chi connectivity index (χ4v) is 5.04. The van der Waals surface area contributed by atoms with Gasteiger partial charge in [0.2, 0.25) is 0 Å². The molecule has 0 saturated heterocycles. The molecule has 1 N–H and O–H groups in total. The Morgan fingerprint density at radius 1 is 0.682 bits per heavy atom. The van der Waals surface area contributed by atoms with E-state index in [0.717, 1.165) is 44.9 Å². The van der Waals surface area contributed by atoms with Gasteiger partial charge in [-0.2, -0.15) is 0 Å². The third-order valence-corrected chi connectivity index (χ3v) is 7.57. The molecule has 0 bridgehead atoms. The molecule has 8 nitrogen and oxygen atoms in total. The van der Waals surface area contributed by atoms with E-state index in [1.165, 1.54) is 77.0 Å². The van der Waals surface area contributed by atoms with E-state index in [2.05, 4.69) is 19.2 Å². The van der Waals surface area contributed by atoms with Crippen molar-refractivity contribution in [1.82, 2.24) is 5.32 Å². The van der Waals surface area contributed by atoms with Gasteiger partial charge in [-0.3, -0.25) is 9.59 Å². The Labute approximate surface area is 292 Å². The van der Waals surface area contributed by atoms with Gasteiger partial charge in [0.25, 0.3) is 0 Å². The molecule has 0 amide bonds. The fourth-order valence-electron chi connectivity index (χ4n) is 5.04. The van der Waals surface area contributed by atoms with Crippen molar-refractivity contribution in [2.24, 2.45) is 5.92 Å². The number of Topliss-reactive ketones (excluding diaryl/α,β-unsaturated/α-hetero) is 1. The van der Waals surface area contributed by atoms with E-state index in [9.17, 15) is 29.4 Å². The minimum Gasteiger partial charge on any atom is -0.550 e. The molecule has 0 radical (unpaired) electrons. The van der Waals surface area contributed by atoms with Crippen molar-refractivity contribution in [2.45, 2.75) is 161 Å². The Hall–Kier alpha value is -1.03. The Morgan fingerprint density at radius 2 is 1.16 bits per heavy atom. The maximum atomic E-state index is 12.5. The molecule has 10 heteroatoms. The third kappa shape index (κ3) is 31.0. The minimum atomic E-state index is -1.41. The molecule has 0 aromatic heterocycles. The largest absolute Gasteiger partial charge is 1.00 e. The van der Waals surface area contributed by atoms with Crippen molar-refractivity contribution in [2.75, 3.05) is 13.2 Å². The number of allylic oxidation sites excluding steroid dienone is 1. The molecule has 0 heterocycles. The molecule has 2 unspecified atom stereocenters. The van der Waals surface area contributed by atoms with Gasteiger partial charge in [0.1, 0.15) is 6.61 Å². The number of carboxylic acids is 2. The van der Waals surface area contributed by atoms with Crippen molar-refractivity contribution in [3.05, 3.63) is 12.2 Å². The maximum absolute atomic E-state index is 12.5. The zero-order valence-electron chi connectivity index (χ0n) is 28.6.